The van der Waals surface area contributed by atoms with Crippen molar-refractivity contribution >= 4 is 33.6 Å². The van der Waals surface area contributed by atoms with Crippen molar-refractivity contribution in [1.82, 2.24) is 9.97 Å². The highest BCUT2D eigenvalue weighted by Crippen LogP contribution is 2.57. The molecular formula is C30HF9N8. The largest absolute Gasteiger partial charge is 0.270 e. The molecule has 1 aromatic carbocycles. The molecule has 0 unspecified atom stereocenters. The van der Waals surface area contributed by atoms with Gasteiger partial charge >= 0.3 is 0 Å². The van der Waals surface area contributed by atoms with E-state index in [9.17, 15) is 33.3 Å². The minimum absolute atomic E-state index is 0.652. The number of hydrogen-bond donors (Lipinski definition) is 0. The first-order valence-corrected chi connectivity index (χ1v) is 11.9. The van der Waals surface area contributed by atoms with Crippen LogP contribution in [-0.4, -0.2) is 9.97 Å². The number of nitriles is 3. The number of allylic oxidation sites excluding steroid dienone is 7. The van der Waals surface area contributed by atoms with E-state index in [2.05, 4.69) is 24.5 Å². The van der Waals surface area contributed by atoms with Crippen LogP contribution in [0.2, 0.25) is 0 Å². The molecule has 0 spiro atoms. The van der Waals surface area contributed by atoms with E-state index in [1.54, 1.807) is 0 Å². The molecule has 224 valence electrons. The van der Waals surface area contributed by atoms with Gasteiger partial charge < -0.3 is 0 Å². The zero-order chi connectivity index (χ0) is 34.6. The third-order valence-corrected chi connectivity index (χ3v) is 6.91. The molecule has 0 radical (unpaired) electrons. The molecular weight excluding hydrogens is 643 g/mol. The summed E-state index contributed by atoms with van der Waals surface area (Å²) in [5.41, 5.74) is -16.2. The molecule has 2 aliphatic rings. The number of nitrogens with zero attached hydrogens (tertiary/aromatic N) is 8. The van der Waals surface area contributed by atoms with E-state index >= 15 is 22.0 Å². The Bertz CT molecular complexity index is 2210. The predicted molar refractivity (Wildman–Crippen MR) is 139 cm³/mol. The van der Waals surface area contributed by atoms with Crippen LogP contribution < -0.4 is 0 Å². The summed E-state index contributed by atoms with van der Waals surface area (Å²) < 4.78 is 134. The van der Waals surface area contributed by atoms with Crippen molar-refractivity contribution in [3.63, 3.8) is 0 Å². The second-order valence-electron chi connectivity index (χ2n) is 9.02. The van der Waals surface area contributed by atoms with Gasteiger partial charge in [-0.25, -0.2) is 47.0 Å². The third-order valence-electron chi connectivity index (χ3n) is 6.91. The Hall–Kier alpha value is -7.21. The van der Waals surface area contributed by atoms with E-state index < -0.39 is 131 Å². The van der Waals surface area contributed by atoms with Crippen molar-refractivity contribution < 1.29 is 39.5 Å². The highest BCUT2D eigenvalue weighted by Gasteiger charge is 2.43. The van der Waals surface area contributed by atoms with Gasteiger partial charge in [0.05, 0.1) is 48.6 Å². The van der Waals surface area contributed by atoms with Crippen LogP contribution in [0.25, 0.3) is 48.1 Å². The molecule has 0 atom stereocenters. The molecule has 5 rings (SSSR count). The summed E-state index contributed by atoms with van der Waals surface area (Å²) >= 11 is 0. The lowest BCUT2D eigenvalue weighted by molar-refractivity contribution is 0.404. The highest BCUT2D eigenvalue weighted by molar-refractivity contribution is 6.29. The summed E-state index contributed by atoms with van der Waals surface area (Å²) in [7, 11) is 0. The first-order chi connectivity index (χ1) is 22.3. The molecule has 0 amide bonds. The fourth-order valence-corrected chi connectivity index (χ4v) is 5.18. The molecule has 0 saturated carbocycles. The zero-order valence-corrected chi connectivity index (χ0v) is 22.1. The molecule has 17 heteroatoms. The van der Waals surface area contributed by atoms with Crippen LogP contribution in [0.15, 0.2) is 17.5 Å². The second kappa shape index (κ2) is 11.1. The van der Waals surface area contributed by atoms with Crippen LogP contribution in [0.5, 0.6) is 0 Å². The van der Waals surface area contributed by atoms with E-state index in [1.807, 2.05) is 0 Å². The third kappa shape index (κ3) is 4.13. The number of halogens is 9. The second-order valence-corrected chi connectivity index (χ2v) is 9.02. The van der Waals surface area contributed by atoms with Crippen molar-refractivity contribution in [2.45, 2.75) is 0 Å². The number of aromatic nitrogens is 2. The van der Waals surface area contributed by atoms with Crippen molar-refractivity contribution in [3.8, 4) is 18.2 Å². The standard InChI is InChI=1S/C30HF9N8/c1-43-11(6-41)14-8-4-9-15(12(7-42)44-2)18(20-24(34)29(38)47-30(39)25(20)35)26(45-3)17(9)21(31)13(8)10(5-40)16(14)19-22(32)27(36)46-28(37)23(19)33/h4H/b14-11+,15-12-. The fraction of sp³-hybridized carbons (Fsp3) is 0. The Kier molecular flexibility index (Phi) is 7.34. The molecule has 0 N–H and O–H groups in total. The zero-order valence-electron chi connectivity index (χ0n) is 22.1. The fourth-order valence-electron chi connectivity index (χ4n) is 5.18. The number of hydrogen-bond acceptors (Lipinski definition) is 5. The molecule has 2 aliphatic carbocycles. The quantitative estimate of drug-likeness (QED) is 0.126. The molecule has 47 heavy (non-hydrogen) atoms. The van der Waals surface area contributed by atoms with Gasteiger partial charge in [0, 0.05) is 22.3 Å². The number of benzene rings is 1. The Morgan fingerprint density at radius 3 is 1.36 bits per heavy atom. The smallest absolute Gasteiger partial charge is 0.237 e. The summed E-state index contributed by atoms with van der Waals surface area (Å²) in [4.78, 5) is 13.5. The first kappa shape index (κ1) is 31.2. The molecule has 0 saturated heterocycles. The predicted octanol–water partition coefficient (Wildman–Crippen LogP) is 7.29. The lowest BCUT2D eigenvalue weighted by Crippen LogP contribution is -2.07. The van der Waals surface area contributed by atoms with E-state index in [1.165, 1.54) is 18.2 Å². The van der Waals surface area contributed by atoms with Crippen molar-refractivity contribution in [2.75, 3.05) is 0 Å². The van der Waals surface area contributed by atoms with Gasteiger partial charge in [0.25, 0.3) is 35.2 Å². The van der Waals surface area contributed by atoms with Gasteiger partial charge in [-0.3, -0.25) is 0 Å². The van der Waals surface area contributed by atoms with Gasteiger partial charge in [-0.05, 0) is 28.3 Å². The first-order valence-electron chi connectivity index (χ1n) is 11.9. The summed E-state index contributed by atoms with van der Waals surface area (Å²) in [6.45, 7) is 22.4. The van der Waals surface area contributed by atoms with Gasteiger partial charge in [-0.2, -0.15) is 32.8 Å². The maximum Gasteiger partial charge on any atom is 0.270 e. The molecule has 0 fully saturated rings. The van der Waals surface area contributed by atoms with Crippen molar-refractivity contribution in [2.24, 2.45) is 0 Å². The van der Waals surface area contributed by atoms with E-state index in [4.69, 9.17) is 19.7 Å². The molecule has 3 aromatic rings. The molecule has 2 heterocycles. The minimum atomic E-state index is -2.24. The van der Waals surface area contributed by atoms with E-state index in [-0.39, 0.29) is 0 Å². The lowest BCUT2D eigenvalue weighted by Gasteiger charge is -2.14. The lowest BCUT2D eigenvalue weighted by atomic mass is 9.90. The van der Waals surface area contributed by atoms with Gasteiger partial charge in [-0.15, -0.1) is 0 Å². The van der Waals surface area contributed by atoms with Crippen molar-refractivity contribution in [3.05, 3.63) is 138 Å². The summed E-state index contributed by atoms with van der Waals surface area (Å²) in [5, 5.41) is 29.4. The van der Waals surface area contributed by atoms with Gasteiger partial charge in [0.15, 0.2) is 23.3 Å². The summed E-state index contributed by atoms with van der Waals surface area (Å²) in [5.74, 6) is -19.7. The molecule has 8 nitrogen and oxygen atoms in total. The molecule has 0 aliphatic heterocycles. The number of pyridine rings is 2. The average Bonchev–Trinajstić information content (AvgIpc) is 3.54. The maximum absolute atomic E-state index is 16.7. The average molecular weight is 644 g/mol. The van der Waals surface area contributed by atoms with Crippen molar-refractivity contribution in [1.29, 1.82) is 15.8 Å². The van der Waals surface area contributed by atoms with Crippen LogP contribution in [0.1, 0.15) is 33.4 Å². The molecule has 2 aromatic heterocycles. The normalized spacial score (nSPS) is 15.1. The summed E-state index contributed by atoms with van der Waals surface area (Å²) in [6, 6.07) is 4.65. The van der Waals surface area contributed by atoms with E-state index in [0.717, 1.165) is 0 Å². The van der Waals surface area contributed by atoms with Crippen LogP contribution in [0, 0.1) is 107 Å². The Morgan fingerprint density at radius 1 is 0.574 bits per heavy atom. The van der Waals surface area contributed by atoms with Crippen LogP contribution in [0.3, 0.4) is 0 Å². The molecule has 0 bridgehead atoms. The summed E-state index contributed by atoms with van der Waals surface area (Å²) in [6.07, 6.45) is 0. The minimum Gasteiger partial charge on any atom is -0.237 e. The highest BCUT2D eigenvalue weighted by atomic mass is 19.2. The van der Waals surface area contributed by atoms with Gasteiger partial charge in [0.2, 0.25) is 5.70 Å². The monoisotopic (exact) mass is 644 g/mol. The van der Waals surface area contributed by atoms with Crippen LogP contribution in [0.4, 0.5) is 39.5 Å². The van der Waals surface area contributed by atoms with Crippen LogP contribution >= 0.6 is 0 Å². The SMILES string of the molecule is [C-]#[N+]C1=C(c2c(F)c(F)nc(F)c2F)/C(=C(/C#N)[N+]#[C-])c2cc3c(c(F)c21)C(C#N)=C(c1c(F)c(F)nc(F)c1F)/C3=C(\C#N)[N+]#[C-]. The number of rotatable bonds is 2. The Labute approximate surface area is 255 Å². The topological polar surface area (TPSA) is 110 Å². The Balaban J connectivity index is 2.08. The van der Waals surface area contributed by atoms with Gasteiger partial charge in [-0.1, -0.05) is 0 Å². The van der Waals surface area contributed by atoms with Gasteiger partial charge in [0.1, 0.15) is 11.9 Å². The van der Waals surface area contributed by atoms with E-state index in [0.29, 0.717) is 6.07 Å². The van der Waals surface area contributed by atoms with Crippen LogP contribution in [-0.2, 0) is 0 Å². The Morgan fingerprint density at radius 2 is 0.979 bits per heavy atom. The maximum atomic E-state index is 16.7. The number of fused-ring (bicyclic) bond motifs is 2.